The van der Waals surface area contributed by atoms with E-state index in [9.17, 15) is 0 Å². The van der Waals surface area contributed by atoms with Crippen molar-refractivity contribution in [1.82, 2.24) is 15.3 Å². The van der Waals surface area contributed by atoms with Crippen molar-refractivity contribution in [3.8, 4) is 0 Å². The summed E-state index contributed by atoms with van der Waals surface area (Å²) < 4.78 is 0. The SMILES string of the molecule is CSC(=NCN(C)C)NN(C)C. The van der Waals surface area contributed by atoms with Crippen LogP contribution in [0.2, 0.25) is 0 Å². The van der Waals surface area contributed by atoms with Gasteiger partial charge in [0.15, 0.2) is 5.17 Å². The van der Waals surface area contributed by atoms with E-state index >= 15 is 0 Å². The molecule has 0 atom stereocenters. The lowest BCUT2D eigenvalue weighted by molar-refractivity contribution is 0.362. The lowest BCUT2D eigenvalue weighted by Crippen LogP contribution is -2.35. The van der Waals surface area contributed by atoms with Gasteiger partial charge in [0.2, 0.25) is 0 Å². The lowest BCUT2D eigenvalue weighted by atomic mass is 10.9. The Morgan fingerprint density at radius 2 is 1.92 bits per heavy atom. The fourth-order valence-electron chi connectivity index (χ4n) is 0.542. The van der Waals surface area contributed by atoms with E-state index in [-0.39, 0.29) is 0 Å². The molecule has 5 heteroatoms. The number of nitrogens with zero attached hydrogens (tertiary/aromatic N) is 3. The van der Waals surface area contributed by atoms with Crippen molar-refractivity contribution in [3.05, 3.63) is 0 Å². The topological polar surface area (TPSA) is 30.9 Å². The van der Waals surface area contributed by atoms with Gasteiger partial charge in [-0.15, -0.1) is 0 Å². The molecule has 0 aromatic heterocycles. The predicted octanol–water partition coefficient (Wildman–Crippen LogP) is 0.291. The molecule has 0 saturated heterocycles. The summed E-state index contributed by atoms with van der Waals surface area (Å²) in [5, 5.41) is 2.82. The van der Waals surface area contributed by atoms with E-state index in [2.05, 4.69) is 10.4 Å². The van der Waals surface area contributed by atoms with Crippen molar-refractivity contribution in [1.29, 1.82) is 0 Å². The summed E-state index contributed by atoms with van der Waals surface area (Å²) >= 11 is 1.61. The van der Waals surface area contributed by atoms with Gasteiger partial charge >= 0.3 is 0 Å². The van der Waals surface area contributed by atoms with Crippen LogP contribution in [-0.2, 0) is 0 Å². The third-order valence-corrected chi connectivity index (χ3v) is 1.62. The molecule has 0 aromatic carbocycles. The highest BCUT2D eigenvalue weighted by molar-refractivity contribution is 8.13. The minimum absolute atomic E-state index is 0.719. The number of aliphatic imine (C=N–C) groups is 1. The van der Waals surface area contributed by atoms with Crippen LogP contribution in [0.3, 0.4) is 0 Å². The number of rotatable bonds is 3. The van der Waals surface area contributed by atoms with Gasteiger partial charge in [-0.2, -0.15) is 0 Å². The second-order valence-corrected chi connectivity index (χ2v) is 3.69. The molecule has 0 heterocycles. The molecule has 0 fully saturated rings. The Morgan fingerprint density at radius 3 is 2.25 bits per heavy atom. The predicted molar refractivity (Wildman–Crippen MR) is 56.3 cm³/mol. The molecule has 72 valence electrons. The van der Waals surface area contributed by atoms with Crippen molar-refractivity contribution in [2.45, 2.75) is 0 Å². The molecule has 0 bridgehead atoms. The van der Waals surface area contributed by atoms with Crippen molar-refractivity contribution in [3.63, 3.8) is 0 Å². The first-order valence-corrected chi connectivity index (χ1v) is 4.96. The average Bonchev–Trinajstić information content (AvgIpc) is 1.97. The standard InChI is InChI=1S/C7H18N4S/c1-10(2)6-8-7(12-5)9-11(3)4/h6H2,1-5H3,(H,8,9). The smallest absolute Gasteiger partial charge is 0.172 e. The minimum atomic E-state index is 0.719. The van der Waals surface area contributed by atoms with Gasteiger partial charge in [-0.1, -0.05) is 11.8 Å². The Hall–Kier alpha value is -0.260. The normalized spacial score (nSPS) is 12.8. The Bertz CT molecular complexity index is 144. The van der Waals surface area contributed by atoms with Crippen LogP contribution < -0.4 is 5.43 Å². The molecule has 1 N–H and O–H groups in total. The van der Waals surface area contributed by atoms with Crippen molar-refractivity contribution in [2.24, 2.45) is 4.99 Å². The zero-order chi connectivity index (χ0) is 9.56. The Labute approximate surface area is 79.0 Å². The Morgan fingerprint density at radius 1 is 1.33 bits per heavy atom. The van der Waals surface area contributed by atoms with Gasteiger partial charge in [0.25, 0.3) is 0 Å². The van der Waals surface area contributed by atoms with E-state index in [1.54, 1.807) is 11.8 Å². The highest BCUT2D eigenvalue weighted by Crippen LogP contribution is 1.95. The van der Waals surface area contributed by atoms with Crippen molar-refractivity contribution >= 4 is 16.9 Å². The number of thioether (sulfide) groups is 1. The fourth-order valence-corrected chi connectivity index (χ4v) is 1.00. The molecule has 0 unspecified atom stereocenters. The summed E-state index contributed by atoms with van der Waals surface area (Å²) in [7, 11) is 7.89. The van der Waals surface area contributed by atoms with E-state index in [4.69, 9.17) is 0 Å². The van der Waals surface area contributed by atoms with Gasteiger partial charge in [0.05, 0.1) is 6.67 Å². The van der Waals surface area contributed by atoms with Crippen LogP contribution in [0.25, 0.3) is 0 Å². The zero-order valence-electron chi connectivity index (χ0n) is 8.46. The van der Waals surface area contributed by atoms with Gasteiger partial charge in [0, 0.05) is 14.1 Å². The lowest BCUT2D eigenvalue weighted by Gasteiger charge is -2.14. The first kappa shape index (κ1) is 11.7. The van der Waals surface area contributed by atoms with Crippen LogP contribution in [0.1, 0.15) is 0 Å². The molecule has 0 aliphatic carbocycles. The highest BCUT2D eigenvalue weighted by atomic mass is 32.2. The fraction of sp³-hybridized carbons (Fsp3) is 0.857. The average molecular weight is 190 g/mol. The molecule has 12 heavy (non-hydrogen) atoms. The van der Waals surface area contributed by atoms with E-state index in [0.29, 0.717) is 0 Å². The molecule has 0 rings (SSSR count). The van der Waals surface area contributed by atoms with Crippen LogP contribution in [-0.4, -0.2) is 56.2 Å². The molecule has 0 aliphatic heterocycles. The summed E-state index contributed by atoms with van der Waals surface area (Å²) in [5.41, 5.74) is 3.10. The van der Waals surface area contributed by atoms with E-state index in [1.807, 2.05) is 44.4 Å². The summed E-state index contributed by atoms with van der Waals surface area (Å²) in [6.07, 6.45) is 2.00. The highest BCUT2D eigenvalue weighted by Gasteiger charge is 1.96. The maximum atomic E-state index is 4.33. The second-order valence-electron chi connectivity index (χ2n) is 2.89. The summed E-state index contributed by atoms with van der Waals surface area (Å²) in [4.78, 5) is 6.36. The van der Waals surface area contributed by atoms with Crippen LogP contribution in [0.5, 0.6) is 0 Å². The molecule has 0 spiro atoms. The molecular weight excluding hydrogens is 172 g/mol. The monoisotopic (exact) mass is 190 g/mol. The number of hydrazine groups is 1. The second kappa shape index (κ2) is 6.28. The minimum Gasteiger partial charge on any atom is -0.298 e. The van der Waals surface area contributed by atoms with Gasteiger partial charge in [-0.3, -0.25) is 10.3 Å². The van der Waals surface area contributed by atoms with Crippen molar-refractivity contribution in [2.75, 3.05) is 41.1 Å². The van der Waals surface area contributed by atoms with E-state index in [0.717, 1.165) is 11.8 Å². The first-order chi connectivity index (χ1) is 5.56. The molecule has 4 nitrogen and oxygen atoms in total. The maximum absolute atomic E-state index is 4.33. The number of nitrogens with one attached hydrogen (secondary N) is 1. The van der Waals surface area contributed by atoms with Gasteiger partial charge in [-0.25, -0.2) is 10.0 Å². The molecule has 0 amide bonds. The van der Waals surface area contributed by atoms with Crippen LogP contribution in [0, 0.1) is 0 Å². The zero-order valence-corrected chi connectivity index (χ0v) is 9.27. The quantitative estimate of drug-likeness (QED) is 0.394. The first-order valence-electron chi connectivity index (χ1n) is 3.73. The van der Waals surface area contributed by atoms with Gasteiger partial charge < -0.3 is 0 Å². The third-order valence-electron chi connectivity index (χ3n) is 1.01. The number of hydrogen-bond donors (Lipinski definition) is 1. The van der Waals surface area contributed by atoms with Crippen LogP contribution in [0.15, 0.2) is 4.99 Å². The van der Waals surface area contributed by atoms with Crippen LogP contribution in [0.4, 0.5) is 0 Å². The number of hydrogen-bond acceptors (Lipinski definition) is 4. The molecular formula is C7H18N4S. The summed E-state index contributed by atoms with van der Waals surface area (Å²) in [6, 6.07) is 0. The molecule has 0 saturated carbocycles. The molecule has 0 radical (unpaired) electrons. The van der Waals surface area contributed by atoms with Crippen LogP contribution >= 0.6 is 11.8 Å². The Balaban J connectivity index is 3.87. The van der Waals surface area contributed by atoms with Crippen molar-refractivity contribution < 1.29 is 0 Å². The molecule has 0 aromatic rings. The Kier molecular flexibility index (Phi) is 6.14. The van der Waals surface area contributed by atoms with E-state index < -0.39 is 0 Å². The van der Waals surface area contributed by atoms with Gasteiger partial charge in [0.1, 0.15) is 0 Å². The number of amidine groups is 1. The van der Waals surface area contributed by atoms with E-state index in [1.165, 1.54) is 0 Å². The molecule has 0 aliphatic rings. The summed E-state index contributed by atoms with van der Waals surface area (Å²) in [6.45, 7) is 0.719. The summed E-state index contributed by atoms with van der Waals surface area (Å²) in [5.74, 6) is 0. The third kappa shape index (κ3) is 6.45. The maximum Gasteiger partial charge on any atom is 0.172 e. The largest absolute Gasteiger partial charge is 0.298 e. The van der Waals surface area contributed by atoms with Gasteiger partial charge in [-0.05, 0) is 20.4 Å².